The fourth-order valence-electron chi connectivity index (χ4n) is 2.70. The van der Waals surface area contributed by atoms with Crippen LogP contribution in [0.4, 0.5) is 0 Å². The highest BCUT2D eigenvalue weighted by molar-refractivity contribution is 7.08. The highest BCUT2D eigenvalue weighted by Crippen LogP contribution is 2.20. The minimum absolute atomic E-state index is 0.0767. The first-order valence-corrected chi connectivity index (χ1v) is 7.93. The smallest absolute Gasteiger partial charge is 0.227 e. The van der Waals surface area contributed by atoms with Crippen molar-refractivity contribution < 1.29 is 4.79 Å². The van der Waals surface area contributed by atoms with E-state index < -0.39 is 0 Å². The molecule has 20 heavy (non-hydrogen) atoms. The molecule has 0 saturated heterocycles. The van der Waals surface area contributed by atoms with Gasteiger partial charge in [-0.25, -0.2) is 4.98 Å². The number of carbonyl (C=O) groups is 1. The third-order valence-electron chi connectivity index (χ3n) is 3.90. The molecule has 0 unspecified atom stereocenters. The molecule has 1 amide bonds. The van der Waals surface area contributed by atoms with Gasteiger partial charge in [-0.1, -0.05) is 0 Å². The molecule has 106 valence electrons. The summed E-state index contributed by atoms with van der Waals surface area (Å²) < 4.78 is 2.17. The number of thiophene rings is 1. The van der Waals surface area contributed by atoms with Crippen molar-refractivity contribution in [3.63, 3.8) is 0 Å². The van der Waals surface area contributed by atoms with E-state index in [9.17, 15) is 4.79 Å². The summed E-state index contributed by atoms with van der Waals surface area (Å²) in [5.74, 6) is 1.18. The number of imidazole rings is 1. The summed E-state index contributed by atoms with van der Waals surface area (Å²) in [5.41, 5.74) is 2.15. The number of hydrogen-bond acceptors (Lipinski definition) is 3. The molecule has 2 aromatic rings. The van der Waals surface area contributed by atoms with E-state index in [1.165, 1.54) is 0 Å². The maximum atomic E-state index is 12.3. The standard InChI is InChI=1S/C15H19N3OS/c1-10-7-18-8-13(3-4-14(18)16-10)17-15(19)11(2)12-5-6-20-9-12/h5-7,9,11,13H,3-4,8H2,1-2H3,(H,17,19)/t11-,13+/m0/s1. The predicted molar refractivity (Wildman–Crippen MR) is 79.9 cm³/mol. The molecular weight excluding hydrogens is 270 g/mol. The Morgan fingerprint density at radius 3 is 3.20 bits per heavy atom. The van der Waals surface area contributed by atoms with Gasteiger partial charge in [0.05, 0.1) is 11.6 Å². The topological polar surface area (TPSA) is 46.9 Å². The summed E-state index contributed by atoms with van der Waals surface area (Å²) in [6.45, 7) is 4.81. The van der Waals surface area contributed by atoms with Crippen LogP contribution in [0.15, 0.2) is 23.0 Å². The first kappa shape index (κ1) is 13.4. The Kier molecular flexibility index (Phi) is 3.61. The van der Waals surface area contributed by atoms with Crippen LogP contribution in [0.1, 0.15) is 36.3 Å². The van der Waals surface area contributed by atoms with Crippen molar-refractivity contribution in [1.29, 1.82) is 0 Å². The number of rotatable bonds is 3. The van der Waals surface area contributed by atoms with Crippen molar-refractivity contribution in [1.82, 2.24) is 14.9 Å². The number of fused-ring (bicyclic) bond motifs is 1. The van der Waals surface area contributed by atoms with Crippen molar-refractivity contribution in [2.75, 3.05) is 0 Å². The molecule has 2 atom stereocenters. The van der Waals surface area contributed by atoms with E-state index in [4.69, 9.17) is 0 Å². The van der Waals surface area contributed by atoms with Crippen LogP contribution in [0.2, 0.25) is 0 Å². The zero-order valence-electron chi connectivity index (χ0n) is 11.8. The van der Waals surface area contributed by atoms with E-state index in [1.54, 1.807) is 11.3 Å². The monoisotopic (exact) mass is 289 g/mol. The number of nitrogens with one attached hydrogen (secondary N) is 1. The Labute approximate surface area is 122 Å². The van der Waals surface area contributed by atoms with Crippen LogP contribution in [0.25, 0.3) is 0 Å². The maximum absolute atomic E-state index is 12.3. The molecule has 1 aliphatic heterocycles. The Hall–Kier alpha value is -1.62. The average Bonchev–Trinajstić information content (AvgIpc) is 3.05. The van der Waals surface area contributed by atoms with Crippen LogP contribution in [-0.4, -0.2) is 21.5 Å². The van der Waals surface area contributed by atoms with Gasteiger partial charge in [0.1, 0.15) is 5.82 Å². The number of carbonyl (C=O) groups excluding carboxylic acids is 1. The molecule has 0 bridgehead atoms. The first-order valence-electron chi connectivity index (χ1n) is 6.98. The lowest BCUT2D eigenvalue weighted by Gasteiger charge is -2.26. The normalized spacial score (nSPS) is 19.4. The predicted octanol–water partition coefficient (Wildman–Crippen LogP) is 2.49. The largest absolute Gasteiger partial charge is 0.351 e. The Bertz CT molecular complexity index is 603. The lowest BCUT2D eigenvalue weighted by Crippen LogP contribution is -2.42. The number of hydrogen-bond donors (Lipinski definition) is 1. The van der Waals surface area contributed by atoms with Gasteiger partial charge in [-0.15, -0.1) is 0 Å². The number of aromatic nitrogens is 2. The van der Waals surface area contributed by atoms with Gasteiger partial charge >= 0.3 is 0 Å². The molecule has 0 radical (unpaired) electrons. The van der Waals surface area contributed by atoms with Crippen LogP contribution in [0.5, 0.6) is 0 Å². The third kappa shape index (κ3) is 2.63. The fraction of sp³-hybridized carbons (Fsp3) is 0.467. The molecule has 2 aromatic heterocycles. The number of amides is 1. The van der Waals surface area contributed by atoms with Gasteiger partial charge in [-0.3, -0.25) is 4.79 Å². The molecule has 1 N–H and O–H groups in total. The van der Waals surface area contributed by atoms with Crippen LogP contribution < -0.4 is 5.32 Å². The number of aryl methyl sites for hydroxylation is 2. The quantitative estimate of drug-likeness (QED) is 0.943. The van der Waals surface area contributed by atoms with Gasteiger partial charge in [0, 0.05) is 25.2 Å². The SMILES string of the molecule is Cc1cn2c(n1)CC[C@@H](NC(=O)[C@@H](C)c1ccsc1)C2. The minimum Gasteiger partial charge on any atom is -0.351 e. The minimum atomic E-state index is -0.0767. The third-order valence-corrected chi connectivity index (χ3v) is 4.60. The van der Waals surface area contributed by atoms with E-state index in [0.29, 0.717) is 0 Å². The van der Waals surface area contributed by atoms with Gasteiger partial charge in [0.25, 0.3) is 0 Å². The summed E-state index contributed by atoms with van der Waals surface area (Å²) in [7, 11) is 0. The molecule has 3 rings (SSSR count). The molecule has 0 spiro atoms. The molecule has 0 aromatic carbocycles. The highest BCUT2D eigenvalue weighted by atomic mass is 32.1. The second kappa shape index (κ2) is 5.40. The van der Waals surface area contributed by atoms with E-state index >= 15 is 0 Å². The number of nitrogens with zero attached hydrogens (tertiary/aromatic N) is 2. The Morgan fingerprint density at radius 1 is 1.60 bits per heavy atom. The average molecular weight is 289 g/mol. The second-order valence-electron chi connectivity index (χ2n) is 5.47. The summed E-state index contributed by atoms with van der Waals surface area (Å²) in [6, 6.07) is 2.23. The second-order valence-corrected chi connectivity index (χ2v) is 6.25. The highest BCUT2D eigenvalue weighted by Gasteiger charge is 2.23. The molecule has 0 saturated carbocycles. The molecular formula is C15H19N3OS. The summed E-state index contributed by atoms with van der Waals surface area (Å²) >= 11 is 1.63. The van der Waals surface area contributed by atoms with Crippen LogP contribution in [-0.2, 0) is 17.8 Å². The first-order chi connectivity index (χ1) is 9.63. The van der Waals surface area contributed by atoms with Crippen LogP contribution >= 0.6 is 11.3 Å². The summed E-state index contributed by atoms with van der Waals surface area (Å²) in [4.78, 5) is 16.8. The van der Waals surface area contributed by atoms with E-state index in [2.05, 4.69) is 21.1 Å². The lowest BCUT2D eigenvalue weighted by atomic mass is 10.0. The lowest BCUT2D eigenvalue weighted by molar-refractivity contribution is -0.123. The van der Waals surface area contributed by atoms with E-state index in [1.807, 2.05) is 30.7 Å². The van der Waals surface area contributed by atoms with Gasteiger partial charge in [-0.05, 0) is 42.7 Å². The van der Waals surface area contributed by atoms with Crippen LogP contribution in [0, 0.1) is 6.92 Å². The van der Waals surface area contributed by atoms with Crippen molar-refractivity contribution >= 4 is 17.2 Å². The zero-order chi connectivity index (χ0) is 14.1. The Morgan fingerprint density at radius 2 is 2.45 bits per heavy atom. The van der Waals surface area contributed by atoms with E-state index in [0.717, 1.165) is 36.5 Å². The molecule has 1 aliphatic rings. The molecule has 4 nitrogen and oxygen atoms in total. The molecule has 5 heteroatoms. The van der Waals surface area contributed by atoms with Crippen molar-refractivity contribution in [2.45, 2.75) is 45.2 Å². The summed E-state index contributed by atoms with van der Waals surface area (Å²) in [6.07, 6.45) is 3.97. The van der Waals surface area contributed by atoms with Gasteiger partial charge < -0.3 is 9.88 Å². The Balaban J connectivity index is 1.63. The van der Waals surface area contributed by atoms with E-state index in [-0.39, 0.29) is 17.9 Å². The maximum Gasteiger partial charge on any atom is 0.227 e. The zero-order valence-corrected chi connectivity index (χ0v) is 12.6. The van der Waals surface area contributed by atoms with Crippen molar-refractivity contribution in [2.24, 2.45) is 0 Å². The van der Waals surface area contributed by atoms with Crippen molar-refractivity contribution in [3.8, 4) is 0 Å². The summed E-state index contributed by atoms with van der Waals surface area (Å²) in [5, 5.41) is 7.23. The molecule has 0 fully saturated rings. The van der Waals surface area contributed by atoms with Gasteiger partial charge in [0.15, 0.2) is 0 Å². The van der Waals surface area contributed by atoms with Crippen LogP contribution in [0.3, 0.4) is 0 Å². The molecule has 0 aliphatic carbocycles. The van der Waals surface area contributed by atoms with Crippen molar-refractivity contribution in [3.05, 3.63) is 40.1 Å². The van der Waals surface area contributed by atoms with Gasteiger partial charge in [0.2, 0.25) is 5.91 Å². The molecule has 3 heterocycles. The van der Waals surface area contributed by atoms with Gasteiger partial charge in [-0.2, -0.15) is 11.3 Å². The fourth-order valence-corrected chi connectivity index (χ4v) is 3.46.